The minimum Gasteiger partial charge on any atom is -0.388 e. The number of rotatable bonds is 5. The van der Waals surface area contributed by atoms with E-state index in [0.717, 1.165) is 29.1 Å². The van der Waals surface area contributed by atoms with E-state index in [1.165, 1.54) is 11.3 Å². The van der Waals surface area contributed by atoms with Crippen LogP contribution in [0.25, 0.3) is 16.9 Å². The monoisotopic (exact) mass is 342 g/mol. The fourth-order valence-electron chi connectivity index (χ4n) is 3.11. The van der Waals surface area contributed by atoms with Gasteiger partial charge >= 0.3 is 0 Å². The summed E-state index contributed by atoms with van der Waals surface area (Å²) < 4.78 is 2.05. The molecule has 0 fully saturated rings. The molecular formula is C22H22N4. The molecular weight excluding hydrogens is 320 g/mol. The van der Waals surface area contributed by atoms with E-state index in [4.69, 9.17) is 4.98 Å². The molecule has 2 heterocycles. The number of hydrogen-bond acceptors (Lipinski definition) is 3. The van der Waals surface area contributed by atoms with Crippen molar-refractivity contribution in [2.45, 2.75) is 6.54 Å². The third kappa shape index (κ3) is 3.26. The van der Waals surface area contributed by atoms with Crippen molar-refractivity contribution in [2.24, 2.45) is 0 Å². The maximum atomic E-state index is 4.74. The van der Waals surface area contributed by atoms with E-state index in [9.17, 15) is 0 Å². The van der Waals surface area contributed by atoms with Crippen LogP contribution in [0.4, 0.5) is 11.4 Å². The van der Waals surface area contributed by atoms with Crippen LogP contribution < -0.4 is 10.2 Å². The van der Waals surface area contributed by atoms with Gasteiger partial charge in [-0.15, -0.1) is 0 Å². The quantitative estimate of drug-likeness (QED) is 0.571. The lowest BCUT2D eigenvalue weighted by molar-refractivity contribution is 0.923. The first-order valence-corrected chi connectivity index (χ1v) is 8.75. The number of benzene rings is 2. The Kier molecular flexibility index (Phi) is 4.32. The minimum absolute atomic E-state index is 0.890. The van der Waals surface area contributed by atoms with Gasteiger partial charge in [-0.05, 0) is 23.8 Å². The van der Waals surface area contributed by atoms with Crippen molar-refractivity contribution in [2.75, 3.05) is 24.3 Å². The van der Waals surface area contributed by atoms with Crippen LogP contribution in [-0.4, -0.2) is 23.5 Å². The molecule has 2 aromatic carbocycles. The fraction of sp³-hybridized carbons (Fsp3) is 0.136. The number of nitrogens with zero attached hydrogens (tertiary/aromatic N) is 3. The number of pyridine rings is 1. The summed E-state index contributed by atoms with van der Waals surface area (Å²) in [6.45, 7) is 0.890. The predicted octanol–water partition coefficient (Wildman–Crippen LogP) is 4.68. The highest BCUT2D eigenvalue weighted by molar-refractivity contribution is 5.67. The molecule has 26 heavy (non-hydrogen) atoms. The molecule has 0 radical (unpaired) electrons. The Morgan fingerprint density at radius 3 is 2.50 bits per heavy atom. The zero-order valence-electron chi connectivity index (χ0n) is 15.1. The van der Waals surface area contributed by atoms with Gasteiger partial charge in [0, 0.05) is 56.0 Å². The van der Waals surface area contributed by atoms with Crippen molar-refractivity contribution in [3.8, 4) is 11.3 Å². The summed E-state index contributed by atoms with van der Waals surface area (Å²) in [6.07, 6.45) is 4.09. The Hall–Kier alpha value is -3.27. The standard InChI is InChI=1S/C22H22N4/c1-23-19-12-13-26-16-21(24-22(26)14-19)18-8-10-20(11-9-18)25(2)15-17-6-4-3-5-7-17/h3-14,16,23H,15H2,1-2H3. The first-order valence-electron chi connectivity index (χ1n) is 8.75. The molecule has 0 aliphatic heterocycles. The second-order valence-electron chi connectivity index (χ2n) is 6.45. The van der Waals surface area contributed by atoms with Gasteiger partial charge in [0.15, 0.2) is 0 Å². The van der Waals surface area contributed by atoms with E-state index in [-0.39, 0.29) is 0 Å². The van der Waals surface area contributed by atoms with Gasteiger partial charge in [0.2, 0.25) is 0 Å². The molecule has 2 aromatic heterocycles. The Morgan fingerprint density at radius 1 is 1.00 bits per heavy atom. The van der Waals surface area contributed by atoms with E-state index in [0.29, 0.717) is 0 Å². The number of anilines is 2. The second kappa shape index (κ2) is 6.92. The van der Waals surface area contributed by atoms with Gasteiger partial charge < -0.3 is 14.6 Å². The smallest absolute Gasteiger partial charge is 0.139 e. The van der Waals surface area contributed by atoms with Crippen molar-refractivity contribution >= 4 is 17.0 Å². The number of aromatic nitrogens is 2. The lowest BCUT2D eigenvalue weighted by Gasteiger charge is -2.19. The number of nitrogens with one attached hydrogen (secondary N) is 1. The van der Waals surface area contributed by atoms with Crippen LogP contribution in [0, 0.1) is 0 Å². The molecule has 0 atom stereocenters. The van der Waals surface area contributed by atoms with Gasteiger partial charge in [0.1, 0.15) is 5.65 Å². The SMILES string of the molecule is CNc1ccn2cc(-c3ccc(N(C)Cc4ccccc4)cc3)nc2c1. The average Bonchev–Trinajstić information content (AvgIpc) is 3.12. The largest absolute Gasteiger partial charge is 0.388 e. The number of fused-ring (bicyclic) bond motifs is 1. The summed E-state index contributed by atoms with van der Waals surface area (Å²) in [7, 11) is 4.03. The minimum atomic E-state index is 0.890. The Morgan fingerprint density at radius 2 is 1.77 bits per heavy atom. The molecule has 4 aromatic rings. The Balaban J connectivity index is 1.55. The third-order valence-corrected chi connectivity index (χ3v) is 4.62. The fourth-order valence-corrected chi connectivity index (χ4v) is 3.11. The predicted molar refractivity (Wildman–Crippen MR) is 109 cm³/mol. The topological polar surface area (TPSA) is 32.6 Å². The maximum Gasteiger partial charge on any atom is 0.139 e. The van der Waals surface area contributed by atoms with Crippen LogP contribution in [0.2, 0.25) is 0 Å². The number of imidazole rings is 1. The molecule has 1 N–H and O–H groups in total. The Labute approximate surface area is 153 Å². The molecule has 4 rings (SSSR count). The molecule has 4 nitrogen and oxygen atoms in total. The summed E-state index contributed by atoms with van der Waals surface area (Å²) in [5, 5.41) is 3.15. The maximum absolute atomic E-state index is 4.74. The van der Waals surface area contributed by atoms with Crippen LogP contribution in [0.15, 0.2) is 79.1 Å². The molecule has 0 unspecified atom stereocenters. The van der Waals surface area contributed by atoms with Gasteiger partial charge in [-0.3, -0.25) is 0 Å². The molecule has 0 saturated heterocycles. The zero-order chi connectivity index (χ0) is 17.9. The molecule has 0 spiro atoms. The summed E-state index contributed by atoms with van der Waals surface area (Å²) in [5.41, 5.74) is 6.61. The first kappa shape index (κ1) is 16.2. The van der Waals surface area contributed by atoms with Gasteiger partial charge in [0.25, 0.3) is 0 Å². The van der Waals surface area contributed by atoms with E-state index < -0.39 is 0 Å². The van der Waals surface area contributed by atoms with Crippen molar-refractivity contribution in [3.05, 3.63) is 84.7 Å². The zero-order valence-corrected chi connectivity index (χ0v) is 15.1. The molecule has 0 saturated carbocycles. The molecule has 130 valence electrons. The van der Waals surface area contributed by atoms with Crippen molar-refractivity contribution in [1.29, 1.82) is 0 Å². The van der Waals surface area contributed by atoms with Gasteiger partial charge in [-0.1, -0.05) is 42.5 Å². The van der Waals surface area contributed by atoms with E-state index in [1.54, 1.807) is 0 Å². The molecule has 0 aliphatic rings. The van der Waals surface area contributed by atoms with Crippen LogP contribution in [0.5, 0.6) is 0 Å². The summed E-state index contributed by atoms with van der Waals surface area (Å²) in [4.78, 5) is 7.00. The molecule has 0 aliphatic carbocycles. The lowest BCUT2D eigenvalue weighted by atomic mass is 10.1. The summed E-state index contributed by atoms with van der Waals surface area (Å²) >= 11 is 0. The molecule has 4 heteroatoms. The normalized spacial score (nSPS) is 10.8. The highest BCUT2D eigenvalue weighted by atomic mass is 15.1. The highest BCUT2D eigenvalue weighted by Gasteiger charge is 2.07. The van der Waals surface area contributed by atoms with Crippen LogP contribution in [0.1, 0.15) is 5.56 Å². The highest BCUT2D eigenvalue weighted by Crippen LogP contribution is 2.24. The summed E-state index contributed by atoms with van der Waals surface area (Å²) in [6, 6.07) is 23.2. The lowest BCUT2D eigenvalue weighted by Crippen LogP contribution is -2.15. The average molecular weight is 342 g/mol. The Bertz CT molecular complexity index is 1000. The summed E-state index contributed by atoms with van der Waals surface area (Å²) in [5.74, 6) is 0. The first-order chi connectivity index (χ1) is 12.7. The van der Waals surface area contributed by atoms with Crippen molar-refractivity contribution < 1.29 is 0 Å². The molecule has 0 bridgehead atoms. The van der Waals surface area contributed by atoms with Crippen molar-refractivity contribution in [1.82, 2.24) is 9.38 Å². The molecule has 0 amide bonds. The van der Waals surface area contributed by atoms with Crippen LogP contribution in [-0.2, 0) is 6.54 Å². The van der Waals surface area contributed by atoms with E-state index in [1.807, 2.05) is 35.8 Å². The van der Waals surface area contributed by atoms with Crippen molar-refractivity contribution in [3.63, 3.8) is 0 Å². The van der Waals surface area contributed by atoms with E-state index >= 15 is 0 Å². The second-order valence-corrected chi connectivity index (χ2v) is 6.45. The van der Waals surface area contributed by atoms with Crippen LogP contribution >= 0.6 is 0 Å². The van der Waals surface area contributed by atoms with Gasteiger partial charge in [-0.2, -0.15) is 0 Å². The van der Waals surface area contributed by atoms with Crippen LogP contribution in [0.3, 0.4) is 0 Å². The van der Waals surface area contributed by atoms with Gasteiger partial charge in [-0.25, -0.2) is 4.98 Å². The van der Waals surface area contributed by atoms with Gasteiger partial charge in [0.05, 0.1) is 5.69 Å². The number of hydrogen-bond donors (Lipinski definition) is 1. The third-order valence-electron chi connectivity index (χ3n) is 4.62. The van der Waals surface area contributed by atoms with E-state index in [2.05, 4.69) is 72.0 Å².